The summed E-state index contributed by atoms with van der Waals surface area (Å²) in [4.78, 5) is 11.8. The van der Waals surface area contributed by atoms with Gasteiger partial charge in [-0.25, -0.2) is 0 Å². The van der Waals surface area contributed by atoms with Crippen molar-refractivity contribution in [3.63, 3.8) is 0 Å². The van der Waals surface area contributed by atoms with Crippen LogP contribution in [0.3, 0.4) is 0 Å². The van der Waals surface area contributed by atoms with Crippen molar-refractivity contribution in [2.45, 2.75) is 32.1 Å². The lowest BCUT2D eigenvalue weighted by molar-refractivity contribution is -0.116. The van der Waals surface area contributed by atoms with Gasteiger partial charge in [-0.15, -0.1) is 0 Å². The highest BCUT2D eigenvalue weighted by Crippen LogP contribution is 2.32. The van der Waals surface area contributed by atoms with Gasteiger partial charge in [-0.05, 0) is 30.9 Å². The van der Waals surface area contributed by atoms with Crippen molar-refractivity contribution in [3.8, 4) is 6.07 Å². The average molecular weight is 272 g/mol. The summed E-state index contributed by atoms with van der Waals surface area (Å²) in [6.07, 6.45) is 4.99. The zero-order chi connectivity index (χ0) is 14.2. The molecule has 4 nitrogen and oxygen atoms in total. The lowest BCUT2D eigenvalue weighted by Gasteiger charge is -2.07. The summed E-state index contributed by atoms with van der Waals surface area (Å²) in [6, 6.07) is 9.07. The van der Waals surface area contributed by atoms with Gasteiger partial charge in [0.05, 0.1) is 11.3 Å². The van der Waals surface area contributed by atoms with Crippen LogP contribution in [0, 0.1) is 17.2 Å². The number of nitrogens with zero attached hydrogens (tertiary/aromatic N) is 1. The average Bonchev–Trinajstić information content (AvgIpc) is 3.27. The van der Waals surface area contributed by atoms with Gasteiger partial charge in [-0.2, -0.15) is 5.26 Å². The maximum absolute atomic E-state index is 11.8. The number of anilines is 1. The van der Waals surface area contributed by atoms with E-state index in [1.165, 1.54) is 12.8 Å². The van der Waals surface area contributed by atoms with Crippen LogP contribution in [-0.2, 0) is 9.53 Å². The van der Waals surface area contributed by atoms with Crippen LogP contribution in [0.15, 0.2) is 24.3 Å². The van der Waals surface area contributed by atoms with Gasteiger partial charge < -0.3 is 10.1 Å². The summed E-state index contributed by atoms with van der Waals surface area (Å²) >= 11 is 0. The number of amides is 1. The molecular weight excluding hydrogens is 252 g/mol. The van der Waals surface area contributed by atoms with Crippen LogP contribution in [-0.4, -0.2) is 19.1 Å². The summed E-state index contributed by atoms with van der Waals surface area (Å²) in [6.45, 7) is 1.43. The first-order valence-electron chi connectivity index (χ1n) is 7.16. The Bertz CT molecular complexity index is 489. The Morgan fingerprint density at radius 2 is 2.15 bits per heavy atom. The minimum absolute atomic E-state index is 0.0708. The third-order valence-electron chi connectivity index (χ3n) is 3.38. The molecule has 1 amide bonds. The van der Waals surface area contributed by atoms with E-state index in [9.17, 15) is 4.79 Å². The number of hydrogen-bond acceptors (Lipinski definition) is 3. The van der Waals surface area contributed by atoms with E-state index in [-0.39, 0.29) is 5.91 Å². The quantitative estimate of drug-likeness (QED) is 0.740. The third kappa shape index (κ3) is 5.02. The Morgan fingerprint density at radius 3 is 2.90 bits per heavy atom. The normalized spacial score (nSPS) is 13.8. The van der Waals surface area contributed by atoms with E-state index in [1.54, 1.807) is 24.3 Å². The molecule has 20 heavy (non-hydrogen) atoms. The van der Waals surface area contributed by atoms with E-state index in [4.69, 9.17) is 10.00 Å². The molecule has 1 fully saturated rings. The van der Waals surface area contributed by atoms with E-state index in [2.05, 4.69) is 11.4 Å². The largest absolute Gasteiger partial charge is 0.381 e. The van der Waals surface area contributed by atoms with E-state index < -0.39 is 0 Å². The molecule has 0 unspecified atom stereocenters. The first-order valence-corrected chi connectivity index (χ1v) is 7.16. The van der Waals surface area contributed by atoms with Crippen molar-refractivity contribution >= 4 is 11.6 Å². The molecular formula is C16H20N2O2. The number of ether oxygens (including phenoxy) is 1. The molecule has 0 aliphatic heterocycles. The molecule has 0 bridgehead atoms. The lowest BCUT2D eigenvalue weighted by atomic mass is 10.2. The summed E-state index contributed by atoms with van der Waals surface area (Å²) in [5.41, 5.74) is 1.07. The molecule has 1 aromatic rings. The van der Waals surface area contributed by atoms with Crippen LogP contribution in [0.4, 0.5) is 5.69 Å². The maximum atomic E-state index is 11.8. The van der Waals surface area contributed by atoms with Gasteiger partial charge in [-0.3, -0.25) is 4.79 Å². The van der Waals surface area contributed by atoms with Crippen LogP contribution in [0.2, 0.25) is 0 Å². The van der Waals surface area contributed by atoms with Gasteiger partial charge in [0.15, 0.2) is 0 Å². The molecule has 1 aliphatic rings. The number of para-hydroxylation sites is 1. The van der Waals surface area contributed by atoms with Crippen LogP contribution in [0.5, 0.6) is 0 Å². The molecule has 0 spiro atoms. The smallest absolute Gasteiger partial charge is 0.224 e. The molecule has 2 rings (SSSR count). The predicted molar refractivity (Wildman–Crippen MR) is 77.2 cm³/mol. The summed E-state index contributed by atoms with van der Waals surface area (Å²) in [5, 5.41) is 11.7. The lowest BCUT2D eigenvalue weighted by Crippen LogP contribution is -2.13. The first-order chi connectivity index (χ1) is 9.79. The molecule has 0 aromatic heterocycles. The predicted octanol–water partition coefficient (Wildman–Crippen LogP) is 3.09. The van der Waals surface area contributed by atoms with Gasteiger partial charge in [0, 0.05) is 19.6 Å². The van der Waals surface area contributed by atoms with Crippen molar-refractivity contribution in [2.24, 2.45) is 5.92 Å². The van der Waals surface area contributed by atoms with Crippen LogP contribution in [0.25, 0.3) is 0 Å². The Hall–Kier alpha value is -1.86. The van der Waals surface area contributed by atoms with Crippen LogP contribution >= 0.6 is 0 Å². The number of hydrogen-bond donors (Lipinski definition) is 1. The zero-order valence-electron chi connectivity index (χ0n) is 11.6. The summed E-state index contributed by atoms with van der Waals surface area (Å²) in [7, 11) is 0. The standard InChI is InChI=1S/C16H20N2O2/c17-12-14-4-1-2-5-15(14)18-16(19)6-3-10-20-11-9-13-7-8-13/h1-2,4-5,13H,3,6-11H2,(H,18,19). The number of nitriles is 1. The second-order valence-corrected chi connectivity index (χ2v) is 5.15. The summed E-state index contributed by atoms with van der Waals surface area (Å²) in [5.74, 6) is 0.819. The number of benzene rings is 1. The SMILES string of the molecule is N#Cc1ccccc1NC(=O)CCCOCCC1CC1. The Balaban J connectivity index is 1.61. The molecule has 4 heteroatoms. The van der Waals surface area contributed by atoms with Crippen molar-refractivity contribution in [1.82, 2.24) is 0 Å². The fourth-order valence-electron chi connectivity index (χ4n) is 2.00. The number of carbonyl (C=O) groups excluding carboxylic acids is 1. The molecule has 1 N–H and O–H groups in total. The second-order valence-electron chi connectivity index (χ2n) is 5.15. The Kier molecular flexibility index (Phi) is 5.57. The topological polar surface area (TPSA) is 62.1 Å². The first kappa shape index (κ1) is 14.5. The van der Waals surface area contributed by atoms with Crippen molar-refractivity contribution < 1.29 is 9.53 Å². The fourth-order valence-corrected chi connectivity index (χ4v) is 2.00. The van der Waals surface area contributed by atoms with E-state index in [0.29, 0.717) is 30.7 Å². The van der Waals surface area contributed by atoms with Gasteiger partial charge in [0.1, 0.15) is 6.07 Å². The van der Waals surface area contributed by atoms with Crippen molar-refractivity contribution in [3.05, 3.63) is 29.8 Å². The molecule has 0 saturated heterocycles. The molecule has 1 aromatic carbocycles. The third-order valence-corrected chi connectivity index (χ3v) is 3.38. The minimum atomic E-state index is -0.0708. The summed E-state index contributed by atoms with van der Waals surface area (Å²) < 4.78 is 5.50. The van der Waals surface area contributed by atoms with Gasteiger partial charge in [-0.1, -0.05) is 25.0 Å². The molecule has 1 aliphatic carbocycles. The monoisotopic (exact) mass is 272 g/mol. The van der Waals surface area contributed by atoms with Crippen LogP contribution < -0.4 is 5.32 Å². The maximum Gasteiger partial charge on any atom is 0.224 e. The number of rotatable bonds is 8. The molecule has 0 radical (unpaired) electrons. The highest BCUT2D eigenvalue weighted by Gasteiger charge is 2.20. The second kappa shape index (κ2) is 7.66. The molecule has 1 saturated carbocycles. The number of nitrogens with one attached hydrogen (secondary N) is 1. The van der Waals surface area contributed by atoms with E-state index in [0.717, 1.165) is 18.9 Å². The Morgan fingerprint density at radius 1 is 1.35 bits per heavy atom. The number of carbonyl (C=O) groups is 1. The van der Waals surface area contributed by atoms with E-state index in [1.807, 2.05) is 0 Å². The molecule has 0 atom stereocenters. The Labute approximate surface area is 119 Å². The minimum Gasteiger partial charge on any atom is -0.381 e. The van der Waals surface area contributed by atoms with Crippen LogP contribution in [0.1, 0.15) is 37.7 Å². The van der Waals surface area contributed by atoms with E-state index >= 15 is 0 Å². The zero-order valence-corrected chi connectivity index (χ0v) is 11.6. The fraction of sp³-hybridized carbons (Fsp3) is 0.500. The van der Waals surface area contributed by atoms with Gasteiger partial charge >= 0.3 is 0 Å². The molecule has 106 valence electrons. The van der Waals surface area contributed by atoms with Gasteiger partial charge in [0.2, 0.25) is 5.91 Å². The highest BCUT2D eigenvalue weighted by atomic mass is 16.5. The van der Waals surface area contributed by atoms with Gasteiger partial charge in [0.25, 0.3) is 0 Å². The van der Waals surface area contributed by atoms with Crippen molar-refractivity contribution in [1.29, 1.82) is 5.26 Å². The molecule has 0 heterocycles. The van der Waals surface area contributed by atoms with Crippen molar-refractivity contribution in [2.75, 3.05) is 18.5 Å². The highest BCUT2D eigenvalue weighted by molar-refractivity contribution is 5.92.